The van der Waals surface area contributed by atoms with Crippen LogP contribution in [0.4, 0.5) is 5.82 Å². The minimum Gasteiger partial charge on any atom is -0.355 e. The number of rotatable bonds is 3. The number of hydrogen-bond donors (Lipinski definition) is 1. The molecule has 0 aliphatic rings. The molecule has 2 rings (SSSR count). The second-order valence-corrected chi connectivity index (χ2v) is 3.65. The van der Waals surface area contributed by atoms with Crippen LogP contribution in [0.1, 0.15) is 13.3 Å². The number of fused-ring (bicyclic) bond motifs is 1. The summed E-state index contributed by atoms with van der Waals surface area (Å²) in [7, 11) is 1.96. The van der Waals surface area contributed by atoms with Crippen molar-refractivity contribution >= 4 is 16.9 Å². The van der Waals surface area contributed by atoms with E-state index in [0.29, 0.717) is 0 Å². The summed E-state index contributed by atoms with van der Waals surface area (Å²) in [5.41, 5.74) is 1.91. The van der Waals surface area contributed by atoms with Gasteiger partial charge in [0.2, 0.25) is 0 Å². The highest BCUT2D eigenvalue weighted by atomic mass is 15.1. The van der Waals surface area contributed by atoms with Crippen molar-refractivity contribution in [3.63, 3.8) is 0 Å². The number of terminal acetylenes is 1. The van der Waals surface area contributed by atoms with Crippen molar-refractivity contribution in [2.75, 3.05) is 5.32 Å². The summed E-state index contributed by atoms with van der Waals surface area (Å²) < 4.78 is 1.96. The van der Waals surface area contributed by atoms with Gasteiger partial charge in [0.25, 0.3) is 0 Å². The number of nitrogens with one attached hydrogen (secondary N) is 1. The van der Waals surface area contributed by atoms with Crippen molar-refractivity contribution in [2.45, 2.75) is 19.4 Å². The SMILES string of the molecule is C#CC(CC)Nc1nccc2c1ncn2C. The molecule has 0 aliphatic carbocycles. The van der Waals surface area contributed by atoms with Crippen LogP contribution < -0.4 is 5.32 Å². The van der Waals surface area contributed by atoms with Crippen LogP contribution in [0.3, 0.4) is 0 Å². The molecule has 0 spiro atoms. The van der Waals surface area contributed by atoms with Crippen molar-refractivity contribution in [3.8, 4) is 12.3 Å². The minimum absolute atomic E-state index is 0.0000983. The zero-order valence-corrected chi connectivity index (χ0v) is 9.44. The molecule has 82 valence electrons. The third kappa shape index (κ3) is 1.72. The van der Waals surface area contributed by atoms with Gasteiger partial charge in [-0.2, -0.15) is 0 Å². The molecule has 2 aromatic heterocycles. The minimum atomic E-state index is 0.0000983. The molecule has 1 N–H and O–H groups in total. The van der Waals surface area contributed by atoms with E-state index < -0.39 is 0 Å². The number of aromatic nitrogens is 3. The van der Waals surface area contributed by atoms with Gasteiger partial charge >= 0.3 is 0 Å². The predicted molar refractivity (Wildman–Crippen MR) is 65.0 cm³/mol. The second-order valence-electron chi connectivity index (χ2n) is 3.65. The molecule has 0 saturated heterocycles. The zero-order valence-electron chi connectivity index (χ0n) is 9.44. The van der Waals surface area contributed by atoms with Gasteiger partial charge in [-0.25, -0.2) is 9.97 Å². The van der Waals surface area contributed by atoms with Gasteiger partial charge in [-0.1, -0.05) is 12.8 Å². The number of nitrogens with zero attached hydrogens (tertiary/aromatic N) is 3. The number of hydrogen-bond acceptors (Lipinski definition) is 3. The summed E-state index contributed by atoms with van der Waals surface area (Å²) in [5.74, 6) is 3.44. The van der Waals surface area contributed by atoms with Crippen LogP contribution in [0.5, 0.6) is 0 Å². The maximum Gasteiger partial charge on any atom is 0.155 e. The molecule has 0 fully saturated rings. The molecule has 2 heterocycles. The molecule has 1 unspecified atom stereocenters. The highest BCUT2D eigenvalue weighted by Gasteiger charge is 2.09. The number of aryl methyl sites for hydroxylation is 1. The van der Waals surface area contributed by atoms with Gasteiger partial charge in [-0.15, -0.1) is 6.42 Å². The van der Waals surface area contributed by atoms with Gasteiger partial charge in [-0.3, -0.25) is 0 Å². The Bertz CT molecular complexity index is 535. The fourth-order valence-electron chi connectivity index (χ4n) is 1.59. The van der Waals surface area contributed by atoms with Gasteiger partial charge < -0.3 is 9.88 Å². The molecular formula is C12H14N4. The first-order chi connectivity index (χ1) is 7.76. The standard InChI is InChI=1S/C12H14N4/c1-4-9(5-2)15-12-11-10(6-7-13-12)16(3)8-14-11/h1,6-9H,5H2,2-3H3,(H,13,15). The zero-order chi connectivity index (χ0) is 11.5. The van der Waals surface area contributed by atoms with Crippen molar-refractivity contribution in [3.05, 3.63) is 18.6 Å². The lowest BCUT2D eigenvalue weighted by atomic mass is 10.2. The highest BCUT2D eigenvalue weighted by molar-refractivity contribution is 5.85. The van der Waals surface area contributed by atoms with E-state index in [0.717, 1.165) is 23.3 Å². The average Bonchev–Trinajstić information content (AvgIpc) is 2.69. The van der Waals surface area contributed by atoms with Gasteiger partial charge in [-0.05, 0) is 12.5 Å². The number of anilines is 1. The van der Waals surface area contributed by atoms with Crippen LogP contribution in [0.25, 0.3) is 11.0 Å². The third-order valence-electron chi connectivity index (χ3n) is 2.56. The van der Waals surface area contributed by atoms with Gasteiger partial charge in [0.05, 0.1) is 17.9 Å². The van der Waals surface area contributed by atoms with Crippen molar-refractivity contribution in [2.24, 2.45) is 7.05 Å². The molecule has 16 heavy (non-hydrogen) atoms. The summed E-state index contributed by atoms with van der Waals surface area (Å²) in [4.78, 5) is 8.58. The first-order valence-electron chi connectivity index (χ1n) is 5.25. The van der Waals surface area contributed by atoms with Crippen molar-refractivity contribution < 1.29 is 0 Å². The van der Waals surface area contributed by atoms with E-state index in [1.54, 1.807) is 12.5 Å². The number of pyridine rings is 1. The molecule has 0 saturated carbocycles. The lowest BCUT2D eigenvalue weighted by Crippen LogP contribution is -2.16. The fraction of sp³-hybridized carbons (Fsp3) is 0.333. The molecule has 0 aliphatic heterocycles. The van der Waals surface area contributed by atoms with Crippen LogP contribution in [-0.2, 0) is 7.05 Å². The van der Waals surface area contributed by atoms with E-state index in [1.165, 1.54) is 0 Å². The summed E-state index contributed by atoms with van der Waals surface area (Å²) >= 11 is 0. The number of imidazole rings is 1. The lowest BCUT2D eigenvalue weighted by Gasteiger charge is -2.11. The second kappa shape index (κ2) is 4.23. The van der Waals surface area contributed by atoms with Crippen LogP contribution in [0, 0.1) is 12.3 Å². The highest BCUT2D eigenvalue weighted by Crippen LogP contribution is 2.19. The Kier molecular flexibility index (Phi) is 2.78. The van der Waals surface area contributed by atoms with Crippen LogP contribution >= 0.6 is 0 Å². The van der Waals surface area contributed by atoms with Gasteiger partial charge in [0, 0.05) is 13.2 Å². The summed E-state index contributed by atoms with van der Waals surface area (Å²) in [6, 6.07) is 1.93. The topological polar surface area (TPSA) is 42.7 Å². The van der Waals surface area contributed by atoms with Gasteiger partial charge in [0.1, 0.15) is 5.52 Å². The molecule has 4 heteroatoms. The van der Waals surface area contributed by atoms with Crippen molar-refractivity contribution in [1.82, 2.24) is 14.5 Å². The molecule has 0 amide bonds. The Morgan fingerprint density at radius 2 is 2.38 bits per heavy atom. The Labute approximate surface area is 94.7 Å². The largest absolute Gasteiger partial charge is 0.355 e. The molecule has 0 bridgehead atoms. The summed E-state index contributed by atoms with van der Waals surface area (Å²) in [6.45, 7) is 2.04. The normalized spacial score (nSPS) is 12.3. The lowest BCUT2D eigenvalue weighted by molar-refractivity contribution is 0.852. The molecule has 2 aromatic rings. The van der Waals surface area contributed by atoms with E-state index in [1.807, 2.05) is 24.6 Å². The summed E-state index contributed by atoms with van der Waals surface area (Å²) in [6.07, 6.45) is 9.81. The van der Waals surface area contributed by atoms with E-state index in [4.69, 9.17) is 6.42 Å². The van der Waals surface area contributed by atoms with E-state index >= 15 is 0 Å². The Hall–Kier alpha value is -2.02. The van der Waals surface area contributed by atoms with Crippen LogP contribution in [0.15, 0.2) is 18.6 Å². The Morgan fingerprint density at radius 1 is 1.56 bits per heavy atom. The fourth-order valence-corrected chi connectivity index (χ4v) is 1.59. The maximum absolute atomic E-state index is 5.41. The molecule has 0 aromatic carbocycles. The third-order valence-corrected chi connectivity index (χ3v) is 2.56. The molecule has 0 radical (unpaired) electrons. The van der Waals surface area contributed by atoms with Crippen molar-refractivity contribution in [1.29, 1.82) is 0 Å². The van der Waals surface area contributed by atoms with Crippen LogP contribution in [-0.4, -0.2) is 20.6 Å². The first kappa shape index (κ1) is 10.5. The molecule has 4 nitrogen and oxygen atoms in total. The first-order valence-corrected chi connectivity index (χ1v) is 5.25. The average molecular weight is 214 g/mol. The van der Waals surface area contributed by atoms with Gasteiger partial charge in [0.15, 0.2) is 5.82 Å². The van der Waals surface area contributed by atoms with E-state index in [9.17, 15) is 0 Å². The maximum atomic E-state index is 5.41. The Balaban J connectivity index is 2.42. The van der Waals surface area contributed by atoms with E-state index in [2.05, 4.69) is 21.2 Å². The quantitative estimate of drug-likeness (QED) is 0.792. The predicted octanol–water partition coefficient (Wildman–Crippen LogP) is 1.79. The molecular weight excluding hydrogens is 200 g/mol. The van der Waals surface area contributed by atoms with E-state index in [-0.39, 0.29) is 6.04 Å². The smallest absolute Gasteiger partial charge is 0.155 e. The van der Waals surface area contributed by atoms with Crippen LogP contribution in [0.2, 0.25) is 0 Å². The monoisotopic (exact) mass is 214 g/mol. The summed E-state index contributed by atoms with van der Waals surface area (Å²) in [5, 5.41) is 3.21. The Morgan fingerprint density at radius 3 is 3.06 bits per heavy atom. The molecule has 1 atom stereocenters.